The highest BCUT2D eigenvalue weighted by Gasteiger charge is 2.69. The van der Waals surface area contributed by atoms with Crippen molar-refractivity contribution in [2.75, 3.05) is 14.2 Å². The molecule has 4 saturated carbocycles. The van der Waals surface area contributed by atoms with Crippen molar-refractivity contribution < 1.29 is 43.2 Å². The third kappa shape index (κ3) is 14.3. The Bertz CT molecular complexity index is 2040. The fraction of sp³-hybridized carbons (Fsp3) is 0.690. The van der Waals surface area contributed by atoms with E-state index < -0.39 is 22.8 Å². The van der Waals surface area contributed by atoms with Crippen molar-refractivity contribution in [1.82, 2.24) is 10.2 Å². The van der Waals surface area contributed by atoms with Gasteiger partial charge in [-0.3, -0.25) is 4.79 Å². The van der Waals surface area contributed by atoms with Crippen LogP contribution in [0.2, 0.25) is 0 Å². The summed E-state index contributed by atoms with van der Waals surface area (Å²) in [7, 11) is 5.76. The van der Waals surface area contributed by atoms with Crippen molar-refractivity contribution >= 4 is 33.2 Å². The molecule has 10 nitrogen and oxygen atoms in total. The van der Waals surface area contributed by atoms with E-state index in [4.69, 9.17) is 19.4 Å². The van der Waals surface area contributed by atoms with E-state index >= 15 is 0 Å². The summed E-state index contributed by atoms with van der Waals surface area (Å²) in [6.07, 6.45) is 10.9. The van der Waals surface area contributed by atoms with Crippen LogP contribution >= 0.6 is 8.86 Å². The molecule has 12 heteroatoms. The van der Waals surface area contributed by atoms with Gasteiger partial charge in [-0.15, -0.1) is 19.1 Å². The molecule has 1 aromatic carbocycles. The first-order valence-corrected chi connectivity index (χ1v) is 26.1. The van der Waals surface area contributed by atoms with Crippen LogP contribution in [0.15, 0.2) is 64.9 Å². The first-order chi connectivity index (χ1) is 32.7. The van der Waals surface area contributed by atoms with Gasteiger partial charge in [-0.1, -0.05) is 138 Å². The molecule has 2 aromatic rings. The van der Waals surface area contributed by atoms with Gasteiger partial charge in [-0.2, -0.15) is 0 Å². The molecule has 10 unspecified atom stereocenters. The molecular weight excluding hydrogens is 903 g/mol. The van der Waals surface area contributed by atoms with Gasteiger partial charge in [0.25, 0.3) is 0 Å². The van der Waals surface area contributed by atoms with E-state index in [1.165, 1.54) is 11.1 Å². The van der Waals surface area contributed by atoms with Crippen molar-refractivity contribution in [3.8, 4) is 11.5 Å². The number of nitrogens with zero attached hydrogens (tertiary/aromatic N) is 2. The van der Waals surface area contributed by atoms with Crippen LogP contribution in [-0.2, 0) is 19.1 Å². The van der Waals surface area contributed by atoms with Crippen LogP contribution in [-0.4, -0.2) is 70.2 Å². The monoisotopic (exact) mass is 997 g/mol. The van der Waals surface area contributed by atoms with E-state index in [0.29, 0.717) is 41.9 Å². The highest BCUT2D eigenvalue weighted by molar-refractivity contribution is 7.18. The van der Waals surface area contributed by atoms with Crippen molar-refractivity contribution in [1.29, 1.82) is 0 Å². The third-order valence-electron chi connectivity index (χ3n) is 16.6. The molecule has 1 heterocycles. The standard InChI is InChI=1S/C45H65N2O5P.C5H10O.C4H5F.C2H6.2CH4O/c1-27(2)29(4)37-32-15-21-44(10)42(8)20-18-35(51-36(49)25-41(6,7)26-48)30(5)33(42)16-19-43(44,9)34(32)17-22-45(37,23-24-53)38(50)40-47-46-39(52-40)31-13-11-28(3)12-14-31;1-5(2,3)4-6;1-3-4(2)5;3*1-2/h11-14,24,26-27,30,32-35,38,50,53H,15-23,25H2,1-10H3;4H,1-3H3;3H,1-2H2;1-2H3;2*2H,1H3/b37-29+;;;;;. The lowest BCUT2D eigenvalue weighted by atomic mass is 9.32. The van der Waals surface area contributed by atoms with Crippen molar-refractivity contribution in [3.05, 3.63) is 71.9 Å². The molecule has 0 amide bonds. The molecule has 3 N–H and O–H groups in total. The number of rotatable bonds is 11. The minimum absolute atomic E-state index is 0.108. The molecule has 0 bridgehead atoms. The number of hydrogen-bond donors (Lipinski definition) is 3. The maximum absolute atomic E-state index is 13.0. The number of ether oxygens (including phenoxy) is 1. The van der Waals surface area contributed by atoms with Gasteiger partial charge in [0.15, 0.2) is 0 Å². The molecule has 0 radical (unpaired) electrons. The van der Waals surface area contributed by atoms with Gasteiger partial charge in [-0.05, 0) is 136 Å². The lowest BCUT2D eigenvalue weighted by Crippen LogP contribution is -2.66. The van der Waals surface area contributed by atoms with Crippen molar-refractivity contribution in [2.24, 2.45) is 62.1 Å². The van der Waals surface area contributed by atoms with Crippen LogP contribution in [0.1, 0.15) is 179 Å². The fourth-order valence-electron chi connectivity index (χ4n) is 12.4. The Morgan fingerprint density at radius 3 is 1.91 bits per heavy atom. The molecule has 4 fully saturated rings. The number of halogens is 1. The van der Waals surface area contributed by atoms with E-state index in [1.54, 1.807) is 13.8 Å². The zero-order chi connectivity index (χ0) is 54.2. The maximum atomic E-state index is 13.0. The average molecular weight is 997 g/mol. The van der Waals surface area contributed by atoms with Crippen LogP contribution in [0.25, 0.3) is 11.5 Å². The minimum Gasteiger partial charge on any atom is -0.462 e. The fourth-order valence-corrected chi connectivity index (χ4v) is 12.8. The maximum Gasteiger partial charge on any atom is 0.307 e. The molecule has 4 aliphatic carbocycles. The quantitative estimate of drug-likeness (QED) is 0.0650. The predicted octanol–water partition coefficient (Wildman–Crippen LogP) is 13.7. The number of allylic oxidation sites excluding steroid dienone is 3. The van der Waals surface area contributed by atoms with E-state index in [9.17, 15) is 23.9 Å². The zero-order valence-electron chi connectivity index (χ0n) is 46.3. The molecular formula is C58H94FN2O8P. The largest absolute Gasteiger partial charge is 0.462 e. The van der Waals surface area contributed by atoms with E-state index in [-0.39, 0.29) is 46.1 Å². The number of carbonyl (C=O) groups excluding carboxylic acids is 3. The Labute approximate surface area is 425 Å². The van der Waals surface area contributed by atoms with Gasteiger partial charge < -0.3 is 34.1 Å². The predicted molar refractivity (Wildman–Crippen MR) is 287 cm³/mol. The lowest BCUT2D eigenvalue weighted by Gasteiger charge is -2.73. The molecule has 10 atom stereocenters. The van der Waals surface area contributed by atoms with Crippen molar-refractivity contribution in [2.45, 2.75) is 180 Å². The summed E-state index contributed by atoms with van der Waals surface area (Å²) in [6.45, 7) is 38.2. The van der Waals surface area contributed by atoms with Crippen LogP contribution in [0, 0.1) is 69.0 Å². The van der Waals surface area contributed by atoms with Crippen LogP contribution in [0.4, 0.5) is 4.39 Å². The first-order valence-electron chi connectivity index (χ1n) is 25.5. The van der Waals surface area contributed by atoms with Gasteiger partial charge in [0, 0.05) is 36.0 Å². The number of carbonyl (C=O) groups is 3. The second-order valence-corrected chi connectivity index (χ2v) is 22.9. The Kier molecular flexibility index (Phi) is 25.2. The highest BCUT2D eigenvalue weighted by Crippen LogP contribution is 2.76. The lowest BCUT2D eigenvalue weighted by molar-refractivity contribution is -0.239. The van der Waals surface area contributed by atoms with Gasteiger partial charge in [0.05, 0.1) is 6.42 Å². The summed E-state index contributed by atoms with van der Waals surface area (Å²) >= 11 is 0. The zero-order valence-corrected chi connectivity index (χ0v) is 47.3. The number of fused-ring (bicyclic) bond motifs is 5. The van der Waals surface area contributed by atoms with E-state index in [2.05, 4.69) is 87.6 Å². The number of aliphatic hydroxyl groups excluding tert-OH is 3. The Balaban J connectivity index is 0.00000126. The second kappa shape index (κ2) is 27.4. The normalized spacial score (nSPS) is 29.8. The molecule has 396 valence electrons. The molecule has 0 spiro atoms. The number of aryl methyl sites for hydroxylation is 1. The molecule has 0 saturated heterocycles. The summed E-state index contributed by atoms with van der Waals surface area (Å²) in [5.41, 5.74) is 3.73. The summed E-state index contributed by atoms with van der Waals surface area (Å²) in [4.78, 5) is 34.4. The summed E-state index contributed by atoms with van der Waals surface area (Å²) < 4.78 is 23.6. The number of esters is 1. The van der Waals surface area contributed by atoms with E-state index in [0.717, 1.165) is 95.4 Å². The summed E-state index contributed by atoms with van der Waals surface area (Å²) in [5.74, 6) is 3.93. The van der Waals surface area contributed by atoms with Crippen LogP contribution in [0.3, 0.4) is 0 Å². The minimum atomic E-state index is -0.934. The number of aromatic nitrogens is 2. The Morgan fingerprint density at radius 2 is 1.43 bits per heavy atom. The molecule has 0 aliphatic heterocycles. The highest BCUT2D eigenvalue weighted by atomic mass is 31.0. The average Bonchev–Trinajstić information content (AvgIpc) is 3.83. The Hall–Kier alpha value is -3.63. The molecule has 4 aliphatic rings. The Morgan fingerprint density at radius 1 is 0.914 bits per heavy atom. The summed E-state index contributed by atoms with van der Waals surface area (Å²) in [6, 6.07) is 8.06. The number of benzene rings is 1. The van der Waals surface area contributed by atoms with Crippen molar-refractivity contribution in [3.63, 3.8) is 0 Å². The smallest absolute Gasteiger partial charge is 0.307 e. The van der Waals surface area contributed by atoms with Gasteiger partial charge >= 0.3 is 5.97 Å². The number of aldehydes is 2. The molecule has 1 aromatic heterocycles. The molecule has 6 rings (SSSR count). The van der Waals surface area contributed by atoms with Crippen LogP contribution in [0.5, 0.6) is 0 Å². The van der Waals surface area contributed by atoms with Crippen LogP contribution < -0.4 is 0 Å². The van der Waals surface area contributed by atoms with Gasteiger partial charge in [0.1, 0.15) is 30.6 Å². The SMILES string of the molecule is C/C(=C1/C2CCC3(C)C(C)(CCC4C(C)C(OC(=O)CC(C)(C)C=O)CCC43C)C2CCC1(CC=P)C(O)c1nnc(-c2ccc(C)cc2)o1)C(C)C.C=CC(=C)F.CC.CC(C)(C)C=O.CO.CO. The molecule has 70 heavy (non-hydrogen) atoms. The second-order valence-electron chi connectivity index (χ2n) is 22.5. The van der Waals surface area contributed by atoms with E-state index in [1.807, 2.05) is 64.7 Å². The number of aliphatic hydroxyl groups is 3. The third-order valence-corrected chi connectivity index (χ3v) is 16.8. The first kappa shape index (κ1) is 64.4. The number of hydrogen-bond acceptors (Lipinski definition) is 10. The van der Waals surface area contributed by atoms with Gasteiger partial charge in [0.2, 0.25) is 11.8 Å². The summed E-state index contributed by atoms with van der Waals surface area (Å²) in [5, 5.41) is 35.4. The van der Waals surface area contributed by atoms with Gasteiger partial charge in [-0.25, -0.2) is 4.39 Å². The topological polar surface area (TPSA) is 160 Å².